The van der Waals surface area contributed by atoms with E-state index in [1.807, 2.05) is 25.3 Å². The molecular weight excluding hydrogens is 360 g/mol. The van der Waals surface area contributed by atoms with Crippen LogP contribution in [0.15, 0.2) is 34.2 Å². The Hall–Kier alpha value is -2.59. The lowest BCUT2D eigenvalue weighted by molar-refractivity contribution is -0.131. The summed E-state index contributed by atoms with van der Waals surface area (Å²) >= 11 is 1.38. The fraction of sp³-hybridized carbons (Fsp3) is 0.400. The third kappa shape index (κ3) is 5.69. The van der Waals surface area contributed by atoms with Gasteiger partial charge < -0.3 is 9.88 Å². The van der Waals surface area contributed by atoms with Crippen LogP contribution in [0.1, 0.15) is 42.1 Å². The lowest BCUT2D eigenvalue weighted by Gasteiger charge is -2.22. The van der Waals surface area contributed by atoms with Crippen LogP contribution in [0.3, 0.4) is 0 Å². The van der Waals surface area contributed by atoms with Crippen molar-refractivity contribution in [3.63, 3.8) is 0 Å². The monoisotopic (exact) mass is 384 g/mol. The summed E-state index contributed by atoms with van der Waals surface area (Å²) in [5, 5.41) is 9.47. The van der Waals surface area contributed by atoms with E-state index >= 15 is 0 Å². The number of amides is 1. The Morgan fingerprint density at radius 2 is 2.04 bits per heavy atom. The predicted octanol–water partition coefficient (Wildman–Crippen LogP) is 3.04. The molecule has 0 spiro atoms. The van der Waals surface area contributed by atoms with Crippen molar-refractivity contribution in [2.24, 2.45) is 0 Å². The first kappa shape index (κ1) is 20.7. The van der Waals surface area contributed by atoms with Crippen LogP contribution >= 0.6 is 11.8 Å². The largest absolute Gasteiger partial charge is 0.338 e. The first-order chi connectivity index (χ1) is 13.0. The smallest absolute Gasteiger partial charge is 0.254 e. The maximum atomic E-state index is 12.7. The van der Waals surface area contributed by atoms with E-state index in [1.54, 1.807) is 24.0 Å². The highest BCUT2D eigenvalue weighted by Gasteiger charge is 2.16. The van der Waals surface area contributed by atoms with Gasteiger partial charge in [0.2, 0.25) is 5.91 Å². The molecule has 0 saturated carbocycles. The number of nitrogens with zero attached hydrogens (tertiary/aromatic N) is 3. The van der Waals surface area contributed by atoms with Crippen LogP contribution in [0.25, 0.3) is 0 Å². The number of rotatable bonds is 8. The lowest BCUT2D eigenvalue weighted by atomic mass is 10.1. The van der Waals surface area contributed by atoms with Crippen LogP contribution in [-0.2, 0) is 17.8 Å². The summed E-state index contributed by atoms with van der Waals surface area (Å²) in [5.74, 6) is 0.00829. The van der Waals surface area contributed by atoms with Crippen molar-refractivity contribution in [1.82, 2.24) is 14.9 Å². The normalized spacial score (nSPS) is 10.4. The number of nitriles is 1. The van der Waals surface area contributed by atoms with Crippen molar-refractivity contribution in [3.8, 4) is 6.07 Å². The molecule has 0 radical (unpaired) electrons. The van der Waals surface area contributed by atoms with Gasteiger partial charge in [0, 0.05) is 30.8 Å². The number of carbonyl (C=O) groups excluding carboxylic acids is 1. The zero-order chi connectivity index (χ0) is 19.8. The molecule has 142 valence electrons. The average Bonchev–Trinajstić information content (AvgIpc) is 2.67. The summed E-state index contributed by atoms with van der Waals surface area (Å²) < 4.78 is 0. The molecule has 7 heteroatoms. The molecule has 1 heterocycles. The topological polar surface area (TPSA) is 89.8 Å². The minimum atomic E-state index is -0.172. The molecule has 0 aliphatic rings. The van der Waals surface area contributed by atoms with Gasteiger partial charge >= 0.3 is 0 Å². The van der Waals surface area contributed by atoms with Gasteiger partial charge in [0.15, 0.2) is 5.16 Å². The minimum absolute atomic E-state index is 0.00829. The molecule has 0 unspecified atom stereocenters. The van der Waals surface area contributed by atoms with Crippen LogP contribution in [0.2, 0.25) is 0 Å². The first-order valence-corrected chi connectivity index (χ1v) is 10.1. The molecule has 2 rings (SSSR count). The number of aromatic amines is 1. The van der Waals surface area contributed by atoms with Crippen LogP contribution in [0.4, 0.5) is 0 Å². The number of hydrogen-bond acceptors (Lipinski definition) is 5. The fourth-order valence-corrected chi connectivity index (χ4v) is 3.26. The summed E-state index contributed by atoms with van der Waals surface area (Å²) in [5.41, 5.74) is 2.65. The number of H-pyrrole nitrogens is 1. The van der Waals surface area contributed by atoms with E-state index in [4.69, 9.17) is 5.26 Å². The zero-order valence-electron chi connectivity index (χ0n) is 15.9. The van der Waals surface area contributed by atoms with Gasteiger partial charge in [-0.1, -0.05) is 30.8 Å². The second-order valence-corrected chi connectivity index (χ2v) is 7.06. The number of benzene rings is 1. The molecule has 0 atom stereocenters. The Morgan fingerprint density at radius 3 is 2.59 bits per heavy atom. The van der Waals surface area contributed by atoms with E-state index in [2.05, 4.69) is 16.0 Å². The van der Waals surface area contributed by atoms with Crippen LogP contribution in [0, 0.1) is 18.3 Å². The molecule has 0 aliphatic heterocycles. The summed E-state index contributed by atoms with van der Waals surface area (Å²) in [6.45, 7) is 4.98. The van der Waals surface area contributed by atoms with Crippen molar-refractivity contribution < 1.29 is 4.79 Å². The van der Waals surface area contributed by atoms with Gasteiger partial charge in [-0.3, -0.25) is 9.59 Å². The molecule has 27 heavy (non-hydrogen) atoms. The van der Waals surface area contributed by atoms with Crippen molar-refractivity contribution in [1.29, 1.82) is 5.26 Å². The lowest BCUT2D eigenvalue weighted by Crippen LogP contribution is -2.32. The number of hydrogen-bond donors (Lipinski definition) is 1. The Labute approximate surface area is 163 Å². The molecule has 0 fully saturated rings. The van der Waals surface area contributed by atoms with E-state index in [0.717, 1.165) is 12.0 Å². The van der Waals surface area contributed by atoms with Gasteiger partial charge in [-0.15, -0.1) is 0 Å². The summed E-state index contributed by atoms with van der Waals surface area (Å²) in [6, 6.07) is 9.34. The first-order valence-electron chi connectivity index (χ1n) is 8.89. The highest BCUT2D eigenvalue weighted by molar-refractivity contribution is 7.98. The summed E-state index contributed by atoms with van der Waals surface area (Å²) in [7, 11) is 0. The molecule has 1 aromatic carbocycles. The van der Waals surface area contributed by atoms with Gasteiger partial charge in [0.05, 0.1) is 11.6 Å². The molecule has 2 aromatic rings. The Kier molecular flexibility index (Phi) is 7.62. The highest BCUT2D eigenvalue weighted by atomic mass is 32.2. The van der Waals surface area contributed by atoms with Gasteiger partial charge in [-0.25, -0.2) is 4.98 Å². The SMILES string of the molecule is CCCN(Cc1ccc(C#N)cc1)C(=O)CCc1c(C)nc(SC)[nH]c1=O. The molecule has 0 aliphatic carbocycles. The molecule has 6 nitrogen and oxygen atoms in total. The van der Waals surface area contributed by atoms with Crippen LogP contribution < -0.4 is 5.56 Å². The van der Waals surface area contributed by atoms with E-state index in [0.29, 0.717) is 41.5 Å². The van der Waals surface area contributed by atoms with Crippen molar-refractivity contribution in [2.45, 2.75) is 44.8 Å². The summed E-state index contributed by atoms with van der Waals surface area (Å²) in [4.78, 5) is 33.8. The van der Waals surface area contributed by atoms with E-state index < -0.39 is 0 Å². The zero-order valence-corrected chi connectivity index (χ0v) is 16.7. The van der Waals surface area contributed by atoms with Crippen molar-refractivity contribution >= 4 is 17.7 Å². The molecular formula is C20H24N4O2S. The van der Waals surface area contributed by atoms with Crippen molar-refractivity contribution in [3.05, 3.63) is 57.0 Å². The van der Waals surface area contributed by atoms with E-state index in [9.17, 15) is 9.59 Å². The minimum Gasteiger partial charge on any atom is -0.338 e. The van der Waals surface area contributed by atoms with Gasteiger partial charge in [-0.2, -0.15) is 5.26 Å². The Bertz CT molecular complexity index is 884. The third-order valence-corrected chi connectivity index (χ3v) is 4.87. The Morgan fingerprint density at radius 1 is 1.33 bits per heavy atom. The van der Waals surface area contributed by atoms with E-state index in [-0.39, 0.29) is 17.9 Å². The average molecular weight is 385 g/mol. The summed E-state index contributed by atoms with van der Waals surface area (Å²) in [6.07, 6.45) is 3.34. The van der Waals surface area contributed by atoms with Gasteiger partial charge in [0.25, 0.3) is 5.56 Å². The van der Waals surface area contributed by atoms with Gasteiger partial charge in [0.1, 0.15) is 0 Å². The van der Waals surface area contributed by atoms with Gasteiger partial charge in [-0.05, 0) is 43.7 Å². The number of aromatic nitrogens is 2. The maximum Gasteiger partial charge on any atom is 0.254 e. The molecule has 0 saturated heterocycles. The molecule has 1 amide bonds. The van der Waals surface area contributed by atoms with Crippen LogP contribution in [-0.4, -0.2) is 33.6 Å². The van der Waals surface area contributed by atoms with E-state index in [1.165, 1.54) is 11.8 Å². The predicted molar refractivity (Wildman–Crippen MR) is 107 cm³/mol. The second-order valence-electron chi connectivity index (χ2n) is 6.26. The number of thioether (sulfide) groups is 1. The number of aryl methyl sites for hydroxylation is 1. The third-order valence-electron chi connectivity index (χ3n) is 4.29. The fourth-order valence-electron chi connectivity index (χ4n) is 2.83. The number of carbonyl (C=O) groups is 1. The molecule has 1 N–H and O–H groups in total. The Balaban J connectivity index is 2.06. The quantitative estimate of drug-likeness (QED) is 0.558. The second kappa shape index (κ2) is 9.93. The highest BCUT2D eigenvalue weighted by Crippen LogP contribution is 2.12. The van der Waals surface area contributed by atoms with Crippen molar-refractivity contribution in [2.75, 3.05) is 12.8 Å². The molecule has 0 bridgehead atoms. The van der Waals surface area contributed by atoms with Crippen LogP contribution in [0.5, 0.6) is 0 Å². The number of nitrogens with one attached hydrogen (secondary N) is 1. The maximum absolute atomic E-state index is 12.7. The molecule has 1 aromatic heterocycles. The standard InChI is InChI=1S/C20H24N4O2S/c1-4-11-24(13-16-7-5-15(12-21)6-8-16)18(25)10-9-17-14(2)22-20(27-3)23-19(17)26/h5-8H,4,9-11,13H2,1-3H3,(H,22,23,26).